The third kappa shape index (κ3) is 91.6. The van der Waals surface area contributed by atoms with Crippen LogP contribution in [0.4, 0.5) is 0 Å². The van der Waals surface area contributed by atoms with Crippen LogP contribution in [0.25, 0.3) is 0 Å². The Morgan fingerprint density at radius 1 is 1.00 bits per heavy atom. The van der Waals surface area contributed by atoms with Gasteiger partial charge in [0.25, 0.3) is 3.25 Å². The van der Waals surface area contributed by atoms with Crippen molar-refractivity contribution in [3.63, 3.8) is 0 Å². The molecule has 8 heavy (non-hydrogen) atoms. The fourth-order valence-corrected chi connectivity index (χ4v) is 0. The molecule has 0 aromatic carbocycles. The third-order valence-electron chi connectivity index (χ3n) is 0. The molecule has 52 valence electrons. The van der Waals surface area contributed by atoms with Gasteiger partial charge < -0.3 is 0 Å². The van der Waals surface area contributed by atoms with E-state index in [1.807, 2.05) is 0 Å². The highest BCUT2D eigenvalue weighted by Gasteiger charge is 2.11. The van der Waals surface area contributed by atoms with Crippen LogP contribution in [0.3, 0.4) is 0 Å². The van der Waals surface area contributed by atoms with Crippen molar-refractivity contribution in [1.29, 1.82) is 0 Å². The predicted octanol–water partition coefficient (Wildman–Crippen LogP) is 4.29. The van der Waals surface area contributed by atoms with E-state index >= 15 is 0 Å². The number of hydrogen-bond donors (Lipinski definition) is 0. The van der Waals surface area contributed by atoms with Crippen LogP contribution in [-0.2, 0) is 0 Å². The van der Waals surface area contributed by atoms with E-state index in [0.717, 1.165) is 4.24 Å². The molecule has 0 radical (unpaired) electrons. The Hall–Kier alpha value is 2.12. The van der Waals surface area contributed by atoms with Crippen molar-refractivity contribution in [2.75, 3.05) is 4.24 Å². The van der Waals surface area contributed by atoms with Crippen molar-refractivity contribution >= 4 is 78.3 Å². The van der Waals surface area contributed by atoms with Gasteiger partial charge >= 0.3 is 0 Å². The molecule has 0 atom stereocenters. The van der Waals surface area contributed by atoms with Gasteiger partial charge in [-0.2, -0.15) is 0 Å². The highest BCUT2D eigenvalue weighted by Crippen LogP contribution is 2.29. The van der Waals surface area contributed by atoms with Crippen LogP contribution in [0.1, 0.15) is 0 Å². The van der Waals surface area contributed by atoms with E-state index in [0.29, 0.717) is 0 Å². The standard InChI is InChI=1S/CH2Br2.CCl4/c2-1-3;2-1(3,4)5/h1H2;. The Morgan fingerprint density at radius 2 is 1.00 bits per heavy atom. The second-order valence-electron chi connectivity index (χ2n) is 0.530. The zero-order chi connectivity index (χ0) is 7.21. The molecule has 0 bridgehead atoms. The summed E-state index contributed by atoms with van der Waals surface area (Å²) in [5.74, 6) is 0. The lowest BCUT2D eigenvalue weighted by Gasteiger charge is -1.91. The second-order valence-corrected chi connectivity index (χ2v) is 6.58. The van der Waals surface area contributed by atoms with Gasteiger partial charge in [0.1, 0.15) is 0 Å². The number of halogens is 6. The minimum Gasteiger partial charge on any atom is -0.0802 e. The molecule has 0 aliphatic heterocycles. The van der Waals surface area contributed by atoms with Gasteiger partial charge in [0.05, 0.1) is 4.24 Å². The summed E-state index contributed by atoms with van der Waals surface area (Å²) in [6.45, 7) is 0. The first-order valence-electron chi connectivity index (χ1n) is 1.29. The molecule has 0 aromatic heterocycles. The average Bonchev–Trinajstić information content (AvgIpc) is 1.27. The van der Waals surface area contributed by atoms with Crippen molar-refractivity contribution in [2.24, 2.45) is 0 Å². The molecule has 0 amide bonds. The molecule has 0 aliphatic rings. The first-order valence-corrected chi connectivity index (χ1v) is 5.05. The molecular formula is C2H2Br2Cl4. The largest absolute Gasteiger partial charge is 0.266 e. The van der Waals surface area contributed by atoms with E-state index in [-0.39, 0.29) is 0 Å². The summed E-state index contributed by atoms with van der Waals surface area (Å²) >= 11 is 25.4. The highest BCUT2D eigenvalue weighted by molar-refractivity contribution is 9.24. The van der Waals surface area contributed by atoms with Crippen LogP contribution >= 0.6 is 78.3 Å². The molecule has 6 heteroatoms. The third-order valence-corrected chi connectivity index (χ3v) is 0. The second kappa shape index (κ2) is 7.23. The topological polar surface area (TPSA) is 0 Å². The van der Waals surface area contributed by atoms with E-state index in [9.17, 15) is 0 Å². The summed E-state index contributed by atoms with van der Waals surface area (Å²) in [5.41, 5.74) is 0. The summed E-state index contributed by atoms with van der Waals surface area (Å²) in [4.78, 5) is 0. The fourth-order valence-electron chi connectivity index (χ4n) is 0. The summed E-state index contributed by atoms with van der Waals surface area (Å²) < 4.78 is -0.736. The minimum atomic E-state index is -1.61. The maximum atomic E-state index is 4.83. The molecule has 0 spiro atoms. The number of hydrogen-bond acceptors (Lipinski definition) is 0. The summed E-state index contributed by atoms with van der Waals surface area (Å²) in [5, 5.41) is 0. The molecule has 0 fully saturated rings. The Balaban J connectivity index is 0. The van der Waals surface area contributed by atoms with Crippen LogP contribution in [0.2, 0.25) is 0 Å². The van der Waals surface area contributed by atoms with E-state index in [4.69, 9.17) is 46.4 Å². The molecule has 0 saturated carbocycles. The molecule has 0 aliphatic carbocycles. The van der Waals surface area contributed by atoms with Crippen LogP contribution in [-0.4, -0.2) is 7.49 Å². The normalized spacial score (nSPS) is 9.75. The Bertz CT molecular complexity index is 35.8. The smallest absolute Gasteiger partial charge is 0.0802 e. The molecule has 0 rings (SSSR count). The van der Waals surface area contributed by atoms with Crippen molar-refractivity contribution in [3.8, 4) is 0 Å². The van der Waals surface area contributed by atoms with E-state index in [1.54, 1.807) is 0 Å². The highest BCUT2D eigenvalue weighted by atomic mass is 79.9. The van der Waals surface area contributed by atoms with Crippen LogP contribution in [0.15, 0.2) is 0 Å². The molecule has 0 heterocycles. The van der Waals surface area contributed by atoms with Gasteiger partial charge in [-0.1, -0.05) is 78.3 Å². The van der Waals surface area contributed by atoms with Crippen molar-refractivity contribution < 1.29 is 0 Å². The van der Waals surface area contributed by atoms with Gasteiger partial charge in [0, 0.05) is 0 Å². The summed E-state index contributed by atoms with van der Waals surface area (Å²) in [7, 11) is 0. The Kier molecular flexibility index (Phi) is 11.5. The zero-order valence-corrected chi connectivity index (χ0v) is 9.67. The van der Waals surface area contributed by atoms with Crippen LogP contribution < -0.4 is 0 Å². The zero-order valence-electron chi connectivity index (χ0n) is 3.47. The lowest BCUT2D eigenvalue weighted by atomic mass is 11.8. The molecular weight excluding hydrogens is 326 g/mol. The lowest BCUT2D eigenvalue weighted by Crippen LogP contribution is -1.81. The maximum Gasteiger partial charge on any atom is 0.266 e. The van der Waals surface area contributed by atoms with Crippen molar-refractivity contribution in [1.82, 2.24) is 0 Å². The SMILES string of the molecule is BrCBr.ClC(Cl)(Cl)Cl. The van der Waals surface area contributed by atoms with Crippen molar-refractivity contribution in [2.45, 2.75) is 3.25 Å². The van der Waals surface area contributed by atoms with E-state index < -0.39 is 3.25 Å². The number of rotatable bonds is 0. The molecule has 0 unspecified atom stereocenters. The van der Waals surface area contributed by atoms with Crippen LogP contribution in [0.5, 0.6) is 0 Å². The molecule has 0 saturated heterocycles. The summed E-state index contributed by atoms with van der Waals surface area (Å²) in [6, 6.07) is 0. The Labute approximate surface area is 85.1 Å². The quantitative estimate of drug-likeness (QED) is 0.582. The van der Waals surface area contributed by atoms with Gasteiger partial charge in [0.2, 0.25) is 0 Å². The monoisotopic (exact) mass is 324 g/mol. The van der Waals surface area contributed by atoms with E-state index in [2.05, 4.69) is 31.9 Å². The van der Waals surface area contributed by atoms with Gasteiger partial charge in [-0.25, -0.2) is 0 Å². The van der Waals surface area contributed by atoms with E-state index in [1.165, 1.54) is 0 Å². The Morgan fingerprint density at radius 3 is 1.00 bits per heavy atom. The van der Waals surface area contributed by atoms with Gasteiger partial charge in [-0.05, 0) is 0 Å². The predicted molar refractivity (Wildman–Crippen MR) is 48.9 cm³/mol. The van der Waals surface area contributed by atoms with Crippen LogP contribution in [0, 0.1) is 0 Å². The minimum absolute atomic E-state index is 0.875. The molecule has 0 N–H and O–H groups in total. The molecule has 0 aromatic rings. The summed E-state index contributed by atoms with van der Waals surface area (Å²) in [6.07, 6.45) is 0. The van der Waals surface area contributed by atoms with Crippen molar-refractivity contribution in [3.05, 3.63) is 0 Å². The maximum absolute atomic E-state index is 4.83. The van der Waals surface area contributed by atoms with Gasteiger partial charge in [-0.3, -0.25) is 0 Å². The first-order chi connectivity index (χ1) is 3.41. The van der Waals surface area contributed by atoms with Gasteiger partial charge in [-0.15, -0.1) is 0 Å². The first kappa shape index (κ1) is 12.8. The van der Waals surface area contributed by atoms with Gasteiger partial charge in [0.15, 0.2) is 0 Å². The number of alkyl halides is 6. The average molecular weight is 328 g/mol. The fraction of sp³-hybridized carbons (Fsp3) is 1.00. The molecule has 0 nitrogen and oxygen atoms in total. The lowest BCUT2D eigenvalue weighted by molar-refractivity contribution is 1.76.